The minimum absolute atomic E-state index is 0.0462. The van der Waals surface area contributed by atoms with E-state index in [1.165, 1.54) is 4.90 Å². The molecule has 3 rings (SSSR count). The molecule has 0 aliphatic carbocycles. The second-order valence-electron chi connectivity index (χ2n) is 7.80. The van der Waals surface area contributed by atoms with Crippen LogP contribution in [0, 0.1) is 5.92 Å². The maximum atomic E-state index is 13.0. The van der Waals surface area contributed by atoms with Crippen molar-refractivity contribution in [2.45, 2.75) is 45.2 Å². The molecule has 1 aromatic rings. The highest BCUT2D eigenvalue weighted by molar-refractivity contribution is 5.92. The molecule has 1 N–H and O–H groups in total. The Balaban J connectivity index is 1.85. The first-order valence-electron chi connectivity index (χ1n) is 8.61. The molecule has 0 radical (unpaired) electrons. The zero-order chi connectivity index (χ0) is 18.4. The number of fused-ring (bicyclic) bond motifs is 1. The average Bonchev–Trinajstić information content (AvgIpc) is 2.95. The number of rotatable bonds is 2. The van der Waals surface area contributed by atoms with Crippen molar-refractivity contribution < 1.29 is 19.5 Å². The summed E-state index contributed by atoms with van der Waals surface area (Å²) in [6.07, 6.45) is 0.788. The molecule has 2 aliphatic heterocycles. The van der Waals surface area contributed by atoms with E-state index in [2.05, 4.69) is 0 Å². The number of amides is 2. The summed E-state index contributed by atoms with van der Waals surface area (Å²) < 4.78 is 0. The molecule has 0 spiro atoms. The van der Waals surface area contributed by atoms with Gasteiger partial charge in [-0.1, -0.05) is 24.3 Å². The first-order valence-corrected chi connectivity index (χ1v) is 8.61. The lowest BCUT2D eigenvalue weighted by atomic mass is 9.91. The number of nitrogens with zero attached hydrogens (tertiary/aromatic N) is 2. The minimum atomic E-state index is -1.03. The van der Waals surface area contributed by atoms with Gasteiger partial charge in [-0.3, -0.25) is 9.59 Å². The Kier molecular flexibility index (Phi) is 4.31. The van der Waals surface area contributed by atoms with Gasteiger partial charge in [0.05, 0.1) is 5.92 Å². The van der Waals surface area contributed by atoms with Gasteiger partial charge in [-0.05, 0) is 38.3 Å². The summed E-state index contributed by atoms with van der Waals surface area (Å²) in [6.45, 7) is 6.54. The minimum Gasteiger partial charge on any atom is -0.479 e. The lowest BCUT2D eigenvalue weighted by Gasteiger charge is -2.36. The predicted octanol–water partition coefficient (Wildman–Crippen LogP) is 1.84. The van der Waals surface area contributed by atoms with E-state index < -0.39 is 17.9 Å². The van der Waals surface area contributed by atoms with Crippen molar-refractivity contribution in [1.82, 2.24) is 9.80 Å². The number of likely N-dealkylation sites (tertiary alicyclic amines) is 1. The van der Waals surface area contributed by atoms with Crippen LogP contribution in [0.5, 0.6) is 0 Å². The zero-order valence-corrected chi connectivity index (χ0v) is 14.9. The molecule has 0 aromatic heterocycles. The Morgan fingerprint density at radius 3 is 2.48 bits per heavy atom. The number of aliphatic carboxylic acids is 1. The van der Waals surface area contributed by atoms with Crippen LogP contribution in [0.1, 0.15) is 44.4 Å². The smallest absolute Gasteiger partial charge is 0.331 e. The summed E-state index contributed by atoms with van der Waals surface area (Å²) in [7, 11) is 0. The fourth-order valence-electron chi connectivity index (χ4n) is 3.83. The molecule has 1 saturated heterocycles. The maximum absolute atomic E-state index is 13.0. The predicted molar refractivity (Wildman–Crippen MR) is 91.8 cm³/mol. The molecule has 6 heteroatoms. The molecule has 134 valence electrons. The Bertz CT molecular complexity index is 722. The fraction of sp³-hybridized carbons (Fsp3) is 0.526. The van der Waals surface area contributed by atoms with E-state index in [-0.39, 0.29) is 23.8 Å². The topological polar surface area (TPSA) is 77.9 Å². The molecule has 0 saturated carbocycles. The Hall–Kier alpha value is -2.37. The van der Waals surface area contributed by atoms with Crippen LogP contribution < -0.4 is 0 Å². The Labute approximate surface area is 147 Å². The van der Waals surface area contributed by atoms with E-state index in [9.17, 15) is 19.5 Å². The van der Waals surface area contributed by atoms with Crippen LogP contribution in [0.2, 0.25) is 0 Å². The van der Waals surface area contributed by atoms with E-state index in [0.717, 1.165) is 5.56 Å². The molecule has 2 unspecified atom stereocenters. The van der Waals surface area contributed by atoms with Crippen molar-refractivity contribution in [2.75, 3.05) is 13.1 Å². The third kappa shape index (κ3) is 3.13. The maximum Gasteiger partial charge on any atom is 0.331 e. The first kappa shape index (κ1) is 17.5. The first-order chi connectivity index (χ1) is 11.7. The van der Waals surface area contributed by atoms with Crippen molar-refractivity contribution in [3.63, 3.8) is 0 Å². The number of carbonyl (C=O) groups excluding carboxylic acids is 2. The monoisotopic (exact) mass is 344 g/mol. The number of carboxylic acid groups (broad SMARTS) is 1. The van der Waals surface area contributed by atoms with Crippen LogP contribution in [-0.2, 0) is 20.8 Å². The van der Waals surface area contributed by atoms with Crippen LogP contribution in [0.4, 0.5) is 0 Å². The van der Waals surface area contributed by atoms with Crippen molar-refractivity contribution in [2.24, 2.45) is 5.92 Å². The fourth-order valence-corrected chi connectivity index (χ4v) is 3.83. The van der Waals surface area contributed by atoms with Gasteiger partial charge >= 0.3 is 5.97 Å². The summed E-state index contributed by atoms with van der Waals surface area (Å²) in [6, 6.07) is 6.38. The van der Waals surface area contributed by atoms with Crippen LogP contribution in [0.15, 0.2) is 24.3 Å². The van der Waals surface area contributed by atoms with Gasteiger partial charge in [-0.2, -0.15) is 0 Å². The van der Waals surface area contributed by atoms with Gasteiger partial charge in [0.25, 0.3) is 0 Å². The van der Waals surface area contributed by atoms with Gasteiger partial charge in [-0.15, -0.1) is 0 Å². The third-order valence-electron chi connectivity index (χ3n) is 5.08. The normalized spacial score (nSPS) is 23.6. The average molecular weight is 344 g/mol. The second kappa shape index (κ2) is 6.17. The summed E-state index contributed by atoms with van der Waals surface area (Å²) >= 11 is 0. The molecule has 1 fully saturated rings. The van der Waals surface area contributed by atoms with Gasteiger partial charge < -0.3 is 14.9 Å². The Morgan fingerprint density at radius 2 is 1.88 bits per heavy atom. The van der Waals surface area contributed by atoms with Gasteiger partial charge in [0.2, 0.25) is 11.8 Å². The van der Waals surface area contributed by atoms with Crippen LogP contribution in [0.3, 0.4) is 0 Å². The second-order valence-corrected chi connectivity index (χ2v) is 7.80. The van der Waals surface area contributed by atoms with E-state index in [4.69, 9.17) is 0 Å². The van der Waals surface area contributed by atoms with E-state index in [1.54, 1.807) is 17.0 Å². The lowest BCUT2D eigenvalue weighted by Crippen LogP contribution is -2.47. The number of carboxylic acids is 1. The van der Waals surface area contributed by atoms with Gasteiger partial charge in [0.1, 0.15) is 0 Å². The lowest BCUT2D eigenvalue weighted by molar-refractivity contribution is -0.153. The summed E-state index contributed by atoms with van der Waals surface area (Å²) in [5.74, 6) is -1.78. The molecule has 0 bridgehead atoms. The van der Waals surface area contributed by atoms with Crippen LogP contribution in [-0.4, -0.2) is 51.3 Å². The van der Waals surface area contributed by atoms with Crippen LogP contribution >= 0.6 is 0 Å². The molecular formula is C19H24N2O4. The number of benzene rings is 1. The third-order valence-corrected chi connectivity index (χ3v) is 5.08. The SMILES string of the molecule is CC(C)(C)N1CC(C(=O)N2CCc3ccccc3C2C(=O)O)CC1=O. The number of hydrogen-bond donors (Lipinski definition) is 1. The van der Waals surface area contributed by atoms with E-state index >= 15 is 0 Å². The summed E-state index contributed by atoms with van der Waals surface area (Å²) in [5.41, 5.74) is 1.30. The van der Waals surface area contributed by atoms with Crippen molar-refractivity contribution in [1.29, 1.82) is 0 Å². The number of carbonyl (C=O) groups is 3. The quantitative estimate of drug-likeness (QED) is 0.888. The molecule has 25 heavy (non-hydrogen) atoms. The zero-order valence-electron chi connectivity index (χ0n) is 14.9. The molecule has 6 nitrogen and oxygen atoms in total. The van der Waals surface area contributed by atoms with Crippen molar-refractivity contribution in [3.8, 4) is 0 Å². The molecule has 2 atom stereocenters. The number of hydrogen-bond acceptors (Lipinski definition) is 3. The van der Waals surface area contributed by atoms with Gasteiger partial charge in [0, 0.05) is 25.0 Å². The van der Waals surface area contributed by atoms with Crippen LogP contribution in [0.25, 0.3) is 0 Å². The Morgan fingerprint density at radius 1 is 1.20 bits per heavy atom. The summed E-state index contributed by atoms with van der Waals surface area (Å²) in [4.78, 5) is 40.3. The highest BCUT2D eigenvalue weighted by Gasteiger charge is 2.44. The molecule has 2 heterocycles. The molecular weight excluding hydrogens is 320 g/mol. The van der Waals surface area contributed by atoms with Crippen molar-refractivity contribution >= 4 is 17.8 Å². The standard InChI is InChI=1S/C19H24N2O4/c1-19(2,3)21-11-13(10-15(21)22)17(23)20-9-8-12-6-4-5-7-14(12)16(20)18(24)25/h4-7,13,16H,8-11H2,1-3H3,(H,24,25). The van der Waals surface area contributed by atoms with Gasteiger partial charge in [-0.25, -0.2) is 4.79 Å². The highest BCUT2D eigenvalue weighted by Crippen LogP contribution is 2.34. The molecule has 1 aromatic carbocycles. The molecule has 2 aliphatic rings. The largest absolute Gasteiger partial charge is 0.479 e. The van der Waals surface area contributed by atoms with Crippen molar-refractivity contribution in [3.05, 3.63) is 35.4 Å². The van der Waals surface area contributed by atoms with E-state index in [1.807, 2.05) is 32.9 Å². The summed E-state index contributed by atoms with van der Waals surface area (Å²) in [5, 5.41) is 9.71. The highest BCUT2D eigenvalue weighted by atomic mass is 16.4. The van der Waals surface area contributed by atoms with Gasteiger partial charge in [0.15, 0.2) is 6.04 Å². The van der Waals surface area contributed by atoms with E-state index in [0.29, 0.717) is 25.1 Å². The molecule has 2 amide bonds.